The summed E-state index contributed by atoms with van der Waals surface area (Å²) in [5.41, 5.74) is 5.51. The number of hydrogen-bond donors (Lipinski definition) is 2. The Balaban J connectivity index is 2.42. The summed E-state index contributed by atoms with van der Waals surface area (Å²) in [6, 6.07) is 4.45. The van der Waals surface area contributed by atoms with Gasteiger partial charge in [-0.2, -0.15) is 0 Å². The highest BCUT2D eigenvalue weighted by molar-refractivity contribution is 7.99. The first-order chi connectivity index (χ1) is 8.72. The summed E-state index contributed by atoms with van der Waals surface area (Å²) in [7, 11) is 0. The Hall–Kier alpha value is -2.15. The van der Waals surface area contributed by atoms with Crippen molar-refractivity contribution in [3.05, 3.63) is 48.2 Å². The number of halogens is 1. The smallest absolute Gasteiger partial charge is 0.174 e. The summed E-state index contributed by atoms with van der Waals surface area (Å²) in [5.74, 6) is -0.835. The number of benzene rings is 1. The summed E-state index contributed by atoms with van der Waals surface area (Å²) in [6.45, 7) is 0. The van der Waals surface area contributed by atoms with Crippen molar-refractivity contribution in [2.24, 2.45) is 10.9 Å². The molecule has 1 aromatic carbocycles. The Bertz CT molecular complexity index is 577. The molecule has 1 heterocycles. The number of rotatable bonds is 3. The Morgan fingerprint density at radius 1 is 1.39 bits per heavy atom. The molecule has 2 rings (SSSR count). The number of amidine groups is 1. The van der Waals surface area contributed by atoms with Gasteiger partial charge in [0.15, 0.2) is 5.84 Å². The van der Waals surface area contributed by atoms with Crippen LogP contribution in [0, 0.1) is 5.82 Å². The van der Waals surface area contributed by atoms with Crippen molar-refractivity contribution in [2.75, 3.05) is 0 Å². The van der Waals surface area contributed by atoms with Crippen LogP contribution in [0.4, 0.5) is 4.39 Å². The zero-order valence-electron chi connectivity index (χ0n) is 9.12. The molecule has 0 fully saturated rings. The highest BCUT2D eigenvalue weighted by Crippen LogP contribution is 2.29. The molecule has 0 aliphatic heterocycles. The van der Waals surface area contributed by atoms with E-state index in [0.29, 0.717) is 9.92 Å². The van der Waals surface area contributed by atoms with Crippen LogP contribution in [0.3, 0.4) is 0 Å². The van der Waals surface area contributed by atoms with Crippen LogP contribution >= 0.6 is 11.8 Å². The molecule has 0 spiro atoms. The largest absolute Gasteiger partial charge is 0.409 e. The van der Waals surface area contributed by atoms with Gasteiger partial charge in [-0.1, -0.05) is 23.0 Å². The molecule has 0 atom stereocenters. The van der Waals surface area contributed by atoms with Gasteiger partial charge >= 0.3 is 0 Å². The van der Waals surface area contributed by atoms with Crippen LogP contribution in [0.15, 0.2) is 51.9 Å². The van der Waals surface area contributed by atoms with Gasteiger partial charge in [-0.25, -0.2) is 9.37 Å². The lowest BCUT2D eigenvalue weighted by molar-refractivity contribution is 0.318. The van der Waals surface area contributed by atoms with Gasteiger partial charge in [0, 0.05) is 17.3 Å². The quantitative estimate of drug-likeness (QED) is 0.382. The average molecular weight is 264 g/mol. The lowest BCUT2D eigenvalue weighted by atomic mass is 10.2. The fourth-order valence-electron chi connectivity index (χ4n) is 1.34. The minimum atomic E-state index is -0.556. The SMILES string of the molecule is NC(=NO)c1c(F)cccc1Sc1cnccn1. The molecule has 5 nitrogen and oxygen atoms in total. The van der Waals surface area contributed by atoms with Crippen molar-refractivity contribution in [2.45, 2.75) is 9.92 Å². The van der Waals surface area contributed by atoms with E-state index in [2.05, 4.69) is 15.1 Å². The summed E-state index contributed by atoms with van der Waals surface area (Å²) in [5, 5.41) is 12.1. The van der Waals surface area contributed by atoms with Crippen LogP contribution in [0.25, 0.3) is 0 Å². The molecule has 0 amide bonds. The third-order valence-electron chi connectivity index (χ3n) is 2.09. The summed E-state index contributed by atoms with van der Waals surface area (Å²) in [6.07, 6.45) is 4.62. The zero-order chi connectivity index (χ0) is 13.0. The molecule has 0 unspecified atom stereocenters. The topological polar surface area (TPSA) is 84.4 Å². The van der Waals surface area contributed by atoms with Crippen LogP contribution in [0.1, 0.15) is 5.56 Å². The Morgan fingerprint density at radius 3 is 2.89 bits per heavy atom. The lowest BCUT2D eigenvalue weighted by Gasteiger charge is -2.07. The van der Waals surface area contributed by atoms with Gasteiger partial charge in [0.1, 0.15) is 10.8 Å². The molecule has 0 saturated heterocycles. The fourth-order valence-corrected chi connectivity index (χ4v) is 2.24. The van der Waals surface area contributed by atoms with Crippen LogP contribution in [0.5, 0.6) is 0 Å². The zero-order valence-corrected chi connectivity index (χ0v) is 9.93. The molecule has 2 aromatic rings. The fraction of sp³-hybridized carbons (Fsp3) is 0. The van der Waals surface area contributed by atoms with Crippen molar-refractivity contribution >= 4 is 17.6 Å². The number of nitrogens with two attached hydrogens (primary N) is 1. The van der Waals surface area contributed by atoms with Gasteiger partial charge in [-0.3, -0.25) is 4.98 Å². The van der Waals surface area contributed by atoms with Crippen molar-refractivity contribution < 1.29 is 9.60 Å². The van der Waals surface area contributed by atoms with Crippen LogP contribution < -0.4 is 5.73 Å². The van der Waals surface area contributed by atoms with E-state index in [-0.39, 0.29) is 11.4 Å². The molecule has 0 aliphatic rings. The summed E-state index contributed by atoms with van der Waals surface area (Å²) < 4.78 is 13.7. The van der Waals surface area contributed by atoms with E-state index in [1.165, 1.54) is 24.0 Å². The van der Waals surface area contributed by atoms with Gasteiger partial charge in [0.25, 0.3) is 0 Å². The third-order valence-corrected chi connectivity index (χ3v) is 3.07. The molecule has 0 saturated carbocycles. The third kappa shape index (κ3) is 2.57. The van der Waals surface area contributed by atoms with Gasteiger partial charge in [-0.05, 0) is 12.1 Å². The number of oxime groups is 1. The maximum absolute atomic E-state index is 13.7. The van der Waals surface area contributed by atoms with Crippen molar-refractivity contribution in [3.8, 4) is 0 Å². The minimum absolute atomic E-state index is 0.0515. The van der Waals surface area contributed by atoms with E-state index in [9.17, 15) is 4.39 Å². The van der Waals surface area contributed by atoms with E-state index in [1.807, 2.05) is 0 Å². The highest BCUT2D eigenvalue weighted by atomic mass is 32.2. The molecule has 0 radical (unpaired) electrons. The first-order valence-electron chi connectivity index (χ1n) is 4.92. The molecule has 92 valence electrons. The molecule has 7 heteroatoms. The standard InChI is InChI=1S/C11H9FN4OS/c12-7-2-1-3-8(10(7)11(13)16-17)18-9-6-14-4-5-15-9/h1-6,17H,(H2,13,16). The second-order valence-electron chi connectivity index (χ2n) is 3.24. The number of hydrogen-bond acceptors (Lipinski definition) is 5. The lowest BCUT2D eigenvalue weighted by Crippen LogP contribution is -2.16. The van der Waals surface area contributed by atoms with E-state index in [1.54, 1.807) is 24.5 Å². The minimum Gasteiger partial charge on any atom is -0.409 e. The first kappa shape index (κ1) is 12.3. The van der Waals surface area contributed by atoms with Crippen LogP contribution in [0.2, 0.25) is 0 Å². The predicted molar refractivity (Wildman–Crippen MR) is 65.1 cm³/mol. The normalized spacial score (nSPS) is 11.5. The first-order valence-corrected chi connectivity index (χ1v) is 5.74. The summed E-state index contributed by atoms with van der Waals surface area (Å²) >= 11 is 1.19. The van der Waals surface area contributed by atoms with Gasteiger partial charge in [0.05, 0.1) is 11.8 Å². The number of nitrogens with zero attached hydrogens (tertiary/aromatic N) is 3. The average Bonchev–Trinajstić information content (AvgIpc) is 2.39. The van der Waals surface area contributed by atoms with Gasteiger partial charge in [-0.15, -0.1) is 0 Å². The molecule has 0 aliphatic carbocycles. The maximum Gasteiger partial charge on any atom is 0.174 e. The van der Waals surface area contributed by atoms with E-state index in [0.717, 1.165) is 0 Å². The Labute approximate surface area is 107 Å². The van der Waals surface area contributed by atoms with Gasteiger partial charge < -0.3 is 10.9 Å². The van der Waals surface area contributed by atoms with Crippen molar-refractivity contribution in [1.29, 1.82) is 0 Å². The Morgan fingerprint density at radius 2 is 2.22 bits per heavy atom. The monoisotopic (exact) mass is 264 g/mol. The molecule has 18 heavy (non-hydrogen) atoms. The van der Waals surface area contributed by atoms with E-state index >= 15 is 0 Å². The van der Waals surface area contributed by atoms with Crippen molar-refractivity contribution in [3.63, 3.8) is 0 Å². The molecular formula is C11H9FN4OS. The van der Waals surface area contributed by atoms with E-state index < -0.39 is 5.82 Å². The van der Waals surface area contributed by atoms with E-state index in [4.69, 9.17) is 10.9 Å². The second kappa shape index (κ2) is 5.46. The summed E-state index contributed by atoms with van der Waals surface area (Å²) in [4.78, 5) is 8.48. The predicted octanol–water partition coefficient (Wildman–Crippen LogP) is 1.86. The second-order valence-corrected chi connectivity index (χ2v) is 4.31. The van der Waals surface area contributed by atoms with Gasteiger partial charge in [0.2, 0.25) is 0 Å². The maximum atomic E-state index is 13.7. The molecule has 0 bridgehead atoms. The highest BCUT2D eigenvalue weighted by Gasteiger charge is 2.14. The molecular weight excluding hydrogens is 255 g/mol. The van der Waals surface area contributed by atoms with Crippen LogP contribution in [-0.4, -0.2) is 21.0 Å². The molecule has 1 aromatic heterocycles. The number of aromatic nitrogens is 2. The van der Waals surface area contributed by atoms with Crippen LogP contribution in [-0.2, 0) is 0 Å². The Kier molecular flexibility index (Phi) is 3.73. The van der Waals surface area contributed by atoms with Crippen molar-refractivity contribution in [1.82, 2.24) is 9.97 Å². The molecule has 3 N–H and O–H groups in total.